The third-order valence-corrected chi connectivity index (χ3v) is 3.60. The Morgan fingerprint density at radius 1 is 1.32 bits per heavy atom. The Balaban J connectivity index is 1.75. The van der Waals surface area contributed by atoms with Gasteiger partial charge in [-0.15, -0.1) is 0 Å². The Morgan fingerprint density at radius 2 is 2.11 bits per heavy atom. The first-order chi connectivity index (χ1) is 9.29. The molecule has 0 spiro atoms. The van der Waals surface area contributed by atoms with Crippen molar-refractivity contribution in [3.8, 4) is 0 Å². The van der Waals surface area contributed by atoms with Gasteiger partial charge in [0.25, 0.3) is 0 Å². The summed E-state index contributed by atoms with van der Waals surface area (Å²) in [5.41, 5.74) is 1.87. The van der Waals surface area contributed by atoms with E-state index in [2.05, 4.69) is 5.32 Å². The SMILES string of the molecule is CCC(=O)c1ccc(NCCC2CCCCO2)cc1. The van der Waals surface area contributed by atoms with Crippen LogP contribution in [0.1, 0.15) is 49.4 Å². The van der Waals surface area contributed by atoms with Crippen LogP contribution in [0.2, 0.25) is 0 Å². The van der Waals surface area contributed by atoms with Crippen LogP contribution in [0, 0.1) is 0 Å². The van der Waals surface area contributed by atoms with E-state index in [0.717, 1.165) is 30.8 Å². The molecule has 1 aliphatic rings. The van der Waals surface area contributed by atoms with E-state index in [9.17, 15) is 4.79 Å². The Morgan fingerprint density at radius 3 is 2.74 bits per heavy atom. The van der Waals surface area contributed by atoms with Crippen molar-refractivity contribution in [3.63, 3.8) is 0 Å². The van der Waals surface area contributed by atoms with Crippen molar-refractivity contribution in [2.24, 2.45) is 0 Å². The number of nitrogens with one attached hydrogen (secondary N) is 1. The molecule has 3 heteroatoms. The number of benzene rings is 1. The van der Waals surface area contributed by atoms with Gasteiger partial charge in [-0.1, -0.05) is 6.92 Å². The van der Waals surface area contributed by atoms with Gasteiger partial charge in [0.1, 0.15) is 0 Å². The Hall–Kier alpha value is -1.35. The summed E-state index contributed by atoms with van der Waals surface area (Å²) >= 11 is 0. The summed E-state index contributed by atoms with van der Waals surface area (Å²) in [5, 5.41) is 3.38. The number of hydrogen-bond acceptors (Lipinski definition) is 3. The van der Waals surface area contributed by atoms with E-state index < -0.39 is 0 Å². The van der Waals surface area contributed by atoms with Crippen LogP contribution < -0.4 is 5.32 Å². The fourth-order valence-corrected chi connectivity index (χ4v) is 2.39. The largest absolute Gasteiger partial charge is 0.385 e. The van der Waals surface area contributed by atoms with Gasteiger partial charge in [-0.05, 0) is 49.9 Å². The van der Waals surface area contributed by atoms with E-state index in [1.54, 1.807) is 0 Å². The highest BCUT2D eigenvalue weighted by Crippen LogP contribution is 2.16. The van der Waals surface area contributed by atoms with Crippen LogP contribution in [0.5, 0.6) is 0 Å². The molecule has 0 bridgehead atoms. The minimum atomic E-state index is 0.196. The highest BCUT2D eigenvalue weighted by atomic mass is 16.5. The molecule has 1 N–H and O–H groups in total. The van der Waals surface area contributed by atoms with E-state index in [-0.39, 0.29) is 5.78 Å². The lowest BCUT2D eigenvalue weighted by molar-refractivity contribution is 0.0134. The maximum Gasteiger partial charge on any atom is 0.162 e. The first kappa shape index (κ1) is 14.1. The monoisotopic (exact) mass is 261 g/mol. The van der Waals surface area contributed by atoms with Crippen molar-refractivity contribution in [1.82, 2.24) is 0 Å². The van der Waals surface area contributed by atoms with Crippen molar-refractivity contribution in [2.45, 2.75) is 45.1 Å². The van der Waals surface area contributed by atoms with Crippen LogP contribution in [0.3, 0.4) is 0 Å². The molecule has 2 rings (SSSR count). The lowest BCUT2D eigenvalue weighted by Crippen LogP contribution is -2.21. The fourth-order valence-electron chi connectivity index (χ4n) is 2.39. The summed E-state index contributed by atoms with van der Waals surface area (Å²) in [4.78, 5) is 11.5. The number of ether oxygens (including phenoxy) is 1. The van der Waals surface area contributed by atoms with E-state index in [1.165, 1.54) is 19.3 Å². The van der Waals surface area contributed by atoms with E-state index >= 15 is 0 Å². The molecule has 19 heavy (non-hydrogen) atoms. The van der Waals surface area contributed by atoms with Gasteiger partial charge in [0.15, 0.2) is 5.78 Å². The van der Waals surface area contributed by atoms with Crippen LogP contribution in [-0.4, -0.2) is 25.0 Å². The molecule has 1 atom stereocenters. The summed E-state index contributed by atoms with van der Waals surface area (Å²) in [5.74, 6) is 0.196. The van der Waals surface area contributed by atoms with E-state index in [1.807, 2.05) is 31.2 Å². The number of anilines is 1. The number of ketones is 1. The average Bonchev–Trinajstić information content (AvgIpc) is 2.48. The predicted octanol–water partition coefficient (Wildman–Crippen LogP) is 3.65. The van der Waals surface area contributed by atoms with Gasteiger partial charge in [0.2, 0.25) is 0 Å². The molecule has 0 radical (unpaired) electrons. The van der Waals surface area contributed by atoms with Gasteiger partial charge in [-0.25, -0.2) is 0 Å². The number of hydrogen-bond donors (Lipinski definition) is 1. The van der Waals surface area contributed by atoms with Crippen molar-refractivity contribution >= 4 is 11.5 Å². The van der Waals surface area contributed by atoms with Crippen LogP contribution in [0.25, 0.3) is 0 Å². The number of rotatable bonds is 6. The summed E-state index contributed by atoms with van der Waals surface area (Å²) in [6.07, 6.45) is 5.71. The molecule has 104 valence electrons. The molecule has 1 heterocycles. The average molecular weight is 261 g/mol. The highest BCUT2D eigenvalue weighted by molar-refractivity contribution is 5.96. The quantitative estimate of drug-likeness (QED) is 0.794. The van der Waals surface area contributed by atoms with Crippen molar-refractivity contribution in [3.05, 3.63) is 29.8 Å². The van der Waals surface area contributed by atoms with E-state index in [4.69, 9.17) is 4.74 Å². The molecule has 1 aromatic carbocycles. The molecule has 1 fully saturated rings. The molecule has 3 nitrogen and oxygen atoms in total. The Bertz CT molecular complexity index is 394. The minimum absolute atomic E-state index is 0.196. The third-order valence-electron chi connectivity index (χ3n) is 3.60. The molecule has 1 saturated heterocycles. The standard InChI is InChI=1S/C16H23NO2/c1-2-16(18)13-6-8-14(9-7-13)17-11-10-15-5-3-4-12-19-15/h6-9,15,17H,2-5,10-12H2,1H3. The van der Waals surface area contributed by atoms with Crippen molar-refractivity contribution < 1.29 is 9.53 Å². The summed E-state index contributed by atoms with van der Waals surface area (Å²) in [6, 6.07) is 7.74. The molecule has 0 aromatic heterocycles. The summed E-state index contributed by atoms with van der Waals surface area (Å²) < 4.78 is 5.70. The van der Waals surface area contributed by atoms with E-state index in [0.29, 0.717) is 12.5 Å². The first-order valence-electron chi connectivity index (χ1n) is 7.28. The van der Waals surface area contributed by atoms with Crippen LogP contribution >= 0.6 is 0 Å². The second-order valence-corrected chi connectivity index (χ2v) is 5.06. The Kier molecular flexibility index (Phi) is 5.40. The number of carbonyl (C=O) groups is 1. The molecule has 0 aliphatic carbocycles. The molecule has 0 saturated carbocycles. The van der Waals surface area contributed by atoms with Crippen LogP contribution in [0.4, 0.5) is 5.69 Å². The van der Waals surface area contributed by atoms with Gasteiger partial charge < -0.3 is 10.1 Å². The maximum absolute atomic E-state index is 11.5. The highest BCUT2D eigenvalue weighted by Gasteiger charge is 2.12. The summed E-state index contributed by atoms with van der Waals surface area (Å²) in [7, 11) is 0. The van der Waals surface area contributed by atoms with Crippen LogP contribution in [-0.2, 0) is 4.74 Å². The number of carbonyl (C=O) groups excluding carboxylic acids is 1. The van der Waals surface area contributed by atoms with Crippen LogP contribution in [0.15, 0.2) is 24.3 Å². The Labute approximate surface area is 115 Å². The maximum atomic E-state index is 11.5. The molecule has 1 aromatic rings. The molecular formula is C16H23NO2. The smallest absolute Gasteiger partial charge is 0.162 e. The van der Waals surface area contributed by atoms with Crippen molar-refractivity contribution in [2.75, 3.05) is 18.5 Å². The zero-order chi connectivity index (χ0) is 13.5. The number of Topliss-reactive ketones (excluding diaryl/α,β-unsaturated/α-hetero) is 1. The lowest BCUT2D eigenvalue weighted by Gasteiger charge is -2.22. The molecular weight excluding hydrogens is 238 g/mol. The zero-order valence-corrected chi connectivity index (χ0v) is 11.7. The summed E-state index contributed by atoms with van der Waals surface area (Å²) in [6.45, 7) is 3.73. The molecule has 1 aliphatic heterocycles. The first-order valence-corrected chi connectivity index (χ1v) is 7.28. The van der Waals surface area contributed by atoms with Gasteiger partial charge in [0.05, 0.1) is 6.10 Å². The lowest BCUT2D eigenvalue weighted by atomic mass is 10.1. The third kappa shape index (κ3) is 4.35. The normalized spacial score (nSPS) is 19.1. The van der Waals surface area contributed by atoms with Gasteiger partial charge >= 0.3 is 0 Å². The molecule has 1 unspecified atom stereocenters. The van der Waals surface area contributed by atoms with Gasteiger partial charge in [-0.3, -0.25) is 4.79 Å². The fraction of sp³-hybridized carbons (Fsp3) is 0.562. The topological polar surface area (TPSA) is 38.3 Å². The zero-order valence-electron chi connectivity index (χ0n) is 11.7. The minimum Gasteiger partial charge on any atom is -0.385 e. The second kappa shape index (κ2) is 7.29. The van der Waals surface area contributed by atoms with Crippen molar-refractivity contribution in [1.29, 1.82) is 0 Å². The van der Waals surface area contributed by atoms with Gasteiger partial charge in [0, 0.05) is 30.8 Å². The second-order valence-electron chi connectivity index (χ2n) is 5.06. The molecule has 0 amide bonds. The van der Waals surface area contributed by atoms with Gasteiger partial charge in [-0.2, -0.15) is 0 Å². The predicted molar refractivity (Wildman–Crippen MR) is 77.8 cm³/mol.